The van der Waals surface area contributed by atoms with E-state index in [0.717, 1.165) is 22.5 Å². The molecular formula is C22H21ClN4O3. The van der Waals surface area contributed by atoms with Gasteiger partial charge in [-0.25, -0.2) is 15.0 Å². The maximum atomic E-state index is 12.0. The topological polar surface area (TPSA) is 95.7 Å². The van der Waals surface area contributed by atoms with E-state index in [2.05, 4.69) is 15.8 Å². The first kappa shape index (κ1) is 21.1. The second-order valence-corrected chi connectivity index (χ2v) is 7.23. The number of nitrogens with zero attached hydrogens (tertiary/aromatic N) is 2. The minimum Gasteiger partial charge on any atom is -0.478 e. The highest BCUT2D eigenvalue weighted by molar-refractivity contribution is 6.33. The van der Waals surface area contributed by atoms with Crippen molar-refractivity contribution >= 4 is 35.5 Å². The van der Waals surface area contributed by atoms with Crippen LogP contribution in [0.4, 0.5) is 10.5 Å². The molecule has 2 amide bonds. The maximum absolute atomic E-state index is 12.0. The number of amides is 2. The Morgan fingerprint density at radius 2 is 1.87 bits per heavy atom. The first-order valence-electron chi connectivity index (χ1n) is 9.15. The lowest BCUT2D eigenvalue weighted by Crippen LogP contribution is -2.24. The zero-order valence-electron chi connectivity index (χ0n) is 16.7. The SMILES string of the molecule is Cc1cccc(NC(=O)N/N=C/c2cc(C)n(-c3ccc(Cl)c(C(=O)O)c3)c2C)c1. The molecule has 3 rings (SSSR count). The molecule has 0 saturated heterocycles. The van der Waals surface area contributed by atoms with Gasteiger partial charge in [0.05, 0.1) is 16.8 Å². The van der Waals surface area contributed by atoms with Gasteiger partial charge in [-0.05, 0) is 62.7 Å². The second kappa shape index (κ2) is 8.84. The number of hydrogen-bond donors (Lipinski definition) is 3. The molecule has 8 heteroatoms. The van der Waals surface area contributed by atoms with Gasteiger partial charge in [0.1, 0.15) is 0 Å². The summed E-state index contributed by atoms with van der Waals surface area (Å²) in [5.41, 5.74) is 7.39. The Morgan fingerprint density at radius 1 is 1.10 bits per heavy atom. The summed E-state index contributed by atoms with van der Waals surface area (Å²) in [5, 5.41) is 16.2. The molecule has 3 aromatic rings. The van der Waals surface area contributed by atoms with Crippen LogP contribution in [0.1, 0.15) is 32.9 Å². The number of halogens is 1. The van der Waals surface area contributed by atoms with Crippen LogP contribution in [0.3, 0.4) is 0 Å². The normalized spacial score (nSPS) is 10.9. The maximum Gasteiger partial charge on any atom is 0.339 e. The standard InChI is InChI=1S/C22H21ClN4O3/c1-13-5-4-6-17(9-13)25-22(30)26-24-12-16-10-14(2)27(15(16)3)18-7-8-20(23)19(11-18)21(28)29/h4-12H,1-3H3,(H,28,29)(H2,25,26,30)/b24-12+. The number of urea groups is 1. The highest BCUT2D eigenvalue weighted by atomic mass is 35.5. The number of rotatable bonds is 5. The largest absolute Gasteiger partial charge is 0.478 e. The zero-order chi connectivity index (χ0) is 21.8. The Morgan fingerprint density at radius 3 is 2.57 bits per heavy atom. The average Bonchev–Trinajstić information content (AvgIpc) is 2.95. The van der Waals surface area contributed by atoms with E-state index < -0.39 is 12.0 Å². The summed E-state index contributed by atoms with van der Waals surface area (Å²) in [6, 6.07) is 13.7. The summed E-state index contributed by atoms with van der Waals surface area (Å²) >= 11 is 5.97. The van der Waals surface area contributed by atoms with E-state index in [4.69, 9.17) is 11.6 Å². The molecule has 3 N–H and O–H groups in total. The lowest BCUT2D eigenvalue weighted by Gasteiger charge is -2.11. The van der Waals surface area contributed by atoms with Crippen molar-refractivity contribution in [2.45, 2.75) is 20.8 Å². The first-order valence-corrected chi connectivity index (χ1v) is 9.53. The van der Waals surface area contributed by atoms with Gasteiger partial charge in [-0.1, -0.05) is 23.7 Å². The molecule has 0 spiro atoms. The molecule has 0 unspecified atom stereocenters. The van der Waals surface area contributed by atoms with E-state index in [-0.39, 0.29) is 10.6 Å². The van der Waals surface area contributed by atoms with Gasteiger partial charge >= 0.3 is 12.0 Å². The number of aromatic nitrogens is 1. The first-order chi connectivity index (χ1) is 14.3. The number of aromatic carboxylic acids is 1. The summed E-state index contributed by atoms with van der Waals surface area (Å²) in [6.07, 6.45) is 1.54. The van der Waals surface area contributed by atoms with E-state index >= 15 is 0 Å². The summed E-state index contributed by atoms with van der Waals surface area (Å²) < 4.78 is 1.90. The lowest BCUT2D eigenvalue weighted by molar-refractivity contribution is 0.0697. The van der Waals surface area contributed by atoms with Crippen LogP contribution in [0, 0.1) is 20.8 Å². The molecule has 0 aliphatic rings. The van der Waals surface area contributed by atoms with Crippen LogP contribution in [-0.2, 0) is 0 Å². The zero-order valence-corrected chi connectivity index (χ0v) is 17.5. The van der Waals surface area contributed by atoms with Gasteiger partial charge in [-0.3, -0.25) is 0 Å². The van der Waals surface area contributed by atoms with Gasteiger partial charge in [0.15, 0.2) is 0 Å². The summed E-state index contributed by atoms with van der Waals surface area (Å²) in [6.45, 7) is 5.73. The molecule has 30 heavy (non-hydrogen) atoms. The van der Waals surface area contributed by atoms with E-state index in [1.165, 1.54) is 6.07 Å². The van der Waals surface area contributed by atoms with Crippen LogP contribution in [0.5, 0.6) is 0 Å². The molecular weight excluding hydrogens is 404 g/mol. The minimum atomic E-state index is -1.09. The van der Waals surface area contributed by atoms with Crippen molar-refractivity contribution in [2.75, 3.05) is 5.32 Å². The van der Waals surface area contributed by atoms with E-state index in [9.17, 15) is 14.7 Å². The number of benzene rings is 2. The summed E-state index contributed by atoms with van der Waals surface area (Å²) in [7, 11) is 0. The molecule has 0 aliphatic heterocycles. The fourth-order valence-electron chi connectivity index (χ4n) is 3.17. The molecule has 0 bridgehead atoms. The fraction of sp³-hybridized carbons (Fsp3) is 0.136. The van der Waals surface area contributed by atoms with Crippen molar-refractivity contribution in [2.24, 2.45) is 5.10 Å². The highest BCUT2D eigenvalue weighted by Crippen LogP contribution is 2.24. The van der Waals surface area contributed by atoms with Gasteiger partial charge in [0.25, 0.3) is 0 Å². The van der Waals surface area contributed by atoms with Crippen molar-refractivity contribution in [3.8, 4) is 5.69 Å². The number of carboxylic acids is 1. The number of carbonyl (C=O) groups is 2. The van der Waals surface area contributed by atoms with Crippen LogP contribution < -0.4 is 10.7 Å². The van der Waals surface area contributed by atoms with E-state index in [0.29, 0.717) is 11.4 Å². The number of hydrogen-bond acceptors (Lipinski definition) is 3. The lowest BCUT2D eigenvalue weighted by atomic mass is 10.2. The van der Waals surface area contributed by atoms with Crippen LogP contribution >= 0.6 is 11.6 Å². The molecule has 0 atom stereocenters. The van der Waals surface area contributed by atoms with Gasteiger partial charge < -0.3 is 15.0 Å². The molecule has 0 saturated carbocycles. The number of anilines is 1. The van der Waals surface area contributed by atoms with E-state index in [1.807, 2.05) is 49.6 Å². The fourth-order valence-corrected chi connectivity index (χ4v) is 3.37. The Bertz CT molecular complexity index is 1150. The molecule has 0 radical (unpaired) electrons. The van der Waals surface area contributed by atoms with Crippen molar-refractivity contribution < 1.29 is 14.7 Å². The van der Waals surface area contributed by atoms with Crippen LogP contribution in [0.15, 0.2) is 53.6 Å². The van der Waals surface area contributed by atoms with Gasteiger partial charge in [-0.2, -0.15) is 5.10 Å². The number of hydrazone groups is 1. The predicted molar refractivity (Wildman–Crippen MR) is 118 cm³/mol. The van der Waals surface area contributed by atoms with Crippen LogP contribution in [0.25, 0.3) is 5.69 Å². The Hall–Kier alpha value is -3.58. The molecule has 1 heterocycles. The monoisotopic (exact) mass is 424 g/mol. The predicted octanol–water partition coefficient (Wildman–Crippen LogP) is 4.91. The number of carbonyl (C=O) groups excluding carboxylic acids is 1. The van der Waals surface area contributed by atoms with Crippen LogP contribution in [-0.4, -0.2) is 27.9 Å². The Balaban J connectivity index is 1.76. The number of nitrogens with one attached hydrogen (secondary N) is 2. The third-order valence-corrected chi connectivity index (χ3v) is 4.88. The van der Waals surface area contributed by atoms with Crippen molar-refractivity contribution in [1.82, 2.24) is 9.99 Å². The molecule has 1 aromatic heterocycles. The third-order valence-electron chi connectivity index (χ3n) is 4.55. The molecule has 0 aliphatic carbocycles. The van der Waals surface area contributed by atoms with E-state index in [1.54, 1.807) is 24.4 Å². The highest BCUT2D eigenvalue weighted by Gasteiger charge is 2.14. The average molecular weight is 425 g/mol. The molecule has 7 nitrogen and oxygen atoms in total. The van der Waals surface area contributed by atoms with Gasteiger partial charge in [0, 0.05) is 28.3 Å². The second-order valence-electron chi connectivity index (χ2n) is 6.82. The quantitative estimate of drug-likeness (QED) is 0.401. The van der Waals surface area contributed by atoms with Crippen molar-refractivity contribution in [1.29, 1.82) is 0 Å². The van der Waals surface area contributed by atoms with Gasteiger partial charge in [0.2, 0.25) is 0 Å². The summed E-state index contributed by atoms with van der Waals surface area (Å²) in [5.74, 6) is -1.09. The minimum absolute atomic E-state index is 0.0337. The van der Waals surface area contributed by atoms with Crippen molar-refractivity contribution in [3.63, 3.8) is 0 Å². The van der Waals surface area contributed by atoms with Crippen LogP contribution in [0.2, 0.25) is 5.02 Å². The molecule has 0 fully saturated rings. The molecule has 154 valence electrons. The number of carboxylic acid groups (broad SMARTS) is 1. The Kier molecular flexibility index (Phi) is 6.23. The molecule has 2 aromatic carbocycles. The van der Waals surface area contributed by atoms with Crippen molar-refractivity contribution in [3.05, 3.63) is 81.6 Å². The Labute approximate surface area is 179 Å². The third kappa shape index (κ3) is 4.69. The smallest absolute Gasteiger partial charge is 0.339 e. The van der Waals surface area contributed by atoms with Gasteiger partial charge in [-0.15, -0.1) is 0 Å². The summed E-state index contributed by atoms with van der Waals surface area (Å²) in [4.78, 5) is 23.4. The number of aryl methyl sites for hydroxylation is 2.